The van der Waals surface area contributed by atoms with Gasteiger partial charge in [-0.3, -0.25) is 4.79 Å². The number of hydrogen-bond acceptors (Lipinski definition) is 3. The minimum atomic E-state index is 0.0209. The summed E-state index contributed by atoms with van der Waals surface area (Å²) < 4.78 is 6.09. The lowest BCUT2D eigenvalue weighted by molar-refractivity contribution is -0.158. The Labute approximate surface area is 176 Å². The number of fused-ring (bicyclic) bond motifs is 5. The summed E-state index contributed by atoms with van der Waals surface area (Å²) in [5.41, 5.74) is 2.93. The van der Waals surface area contributed by atoms with E-state index in [9.17, 15) is 9.90 Å². The van der Waals surface area contributed by atoms with Crippen LogP contribution in [0.4, 0.5) is 0 Å². The molecule has 1 N–H and O–H groups in total. The van der Waals surface area contributed by atoms with E-state index in [1.807, 2.05) is 12.1 Å². The largest absolute Gasteiger partial charge is 0.508 e. The topological polar surface area (TPSA) is 46.5 Å². The summed E-state index contributed by atoms with van der Waals surface area (Å²) in [6, 6.07) is 6.00. The van der Waals surface area contributed by atoms with Gasteiger partial charge in [0.25, 0.3) is 0 Å². The van der Waals surface area contributed by atoms with Crippen LogP contribution in [0.1, 0.15) is 95.6 Å². The molecule has 0 bridgehead atoms. The van der Waals surface area contributed by atoms with Crippen molar-refractivity contribution < 1.29 is 14.6 Å². The molecule has 29 heavy (non-hydrogen) atoms. The van der Waals surface area contributed by atoms with Gasteiger partial charge in [0, 0.05) is 11.8 Å². The van der Waals surface area contributed by atoms with Crippen molar-refractivity contribution in [3.05, 3.63) is 29.3 Å². The van der Waals surface area contributed by atoms with E-state index in [-0.39, 0.29) is 17.5 Å². The summed E-state index contributed by atoms with van der Waals surface area (Å²) in [4.78, 5) is 12.5. The molecule has 3 aliphatic carbocycles. The number of carbonyl (C=O) groups excluding carboxylic acids is 1. The summed E-state index contributed by atoms with van der Waals surface area (Å²) in [5.74, 6) is 2.92. The molecule has 2 saturated carbocycles. The molecule has 0 radical (unpaired) electrons. The highest BCUT2D eigenvalue weighted by Gasteiger charge is 2.57. The lowest BCUT2D eigenvalue weighted by Crippen LogP contribution is -2.47. The van der Waals surface area contributed by atoms with Crippen LogP contribution >= 0.6 is 0 Å². The fourth-order valence-corrected chi connectivity index (χ4v) is 7.02. The number of rotatable bonds is 6. The average Bonchev–Trinajstić information content (AvgIpc) is 3.01. The zero-order valence-corrected chi connectivity index (χ0v) is 18.5. The second kappa shape index (κ2) is 8.32. The first-order chi connectivity index (χ1) is 13.9. The van der Waals surface area contributed by atoms with E-state index in [0.717, 1.165) is 32.1 Å². The normalized spacial score (nSPS) is 35.5. The van der Waals surface area contributed by atoms with Crippen molar-refractivity contribution in [3.8, 4) is 5.75 Å². The third-order valence-electron chi connectivity index (χ3n) is 8.48. The van der Waals surface area contributed by atoms with Gasteiger partial charge < -0.3 is 9.84 Å². The van der Waals surface area contributed by atoms with Crippen LogP contribution in [0.3, 0.4) is 0 Å². The molecule has 2 fully saturated rings. The molecule has 0 spiro atoms. The molecule has 0 amide bonds. The fourth-order valence-electron chi connectivity index (χ4n) is 7.02. The van der Waals surface area contributed by atoms with Crippen molar-refractivity contribution in [3.63, 3.8) is 0 Å². The van der Waals surface area contributed by atoms with Crippen LogP contribution < -0.4 is 0 Å². The molecular formula is C26H38O3. The van der Waals surface area contributed by atoms with Gasteiger partial charge in [0.05, 0.1) is 0 Å². The molecule has 0 heterocycles. The lowest BCUT2D eigenvalue weighted by Gasteiger charge is -2.52. The maximum atomic E-state index is 12.5. The summed E-state index contributed by atoms with van der Waals surface area (Å²) >= 11 is 0. The Balaban J connectivity index is 1.46. The van der Waals surface area contributed by atoms with Crippen LogP contribution in [0, 0.1) is 23.2 Å². The van der Waals surface area contributed by atoms with Crippen molar-refractivity contribution in [2.45, 2.75) is 97.0 Å². The number of aromatic hydroxyl groups is 1. The Morgan fingerprint density at radius 1 is 1.21 bits per heavy atom. The fraction of sp³-hybridized carbons (Fsp3) is 0.731. The van der Waals surface area contributed by atoms with E-state index in [0.29, 0.717) is 35.8 Å². The van der Waals surface area contributed by atoms with Crippen molar-refractivity contribution in [1.82, 2.24) is 0 Å². The van der Waals surface area contributed by atoms with Crippen LogP contribution in [0.15, 0.2) is 18.2 Å². The standard InChI is InChI=1S/C26H38O3/c1-4-5-6-7-8-24(28)29-23-12-11-22-25-17(2)15-18-16-19(27)9-10-20(18)21(25)13-14-26(22,23)3/h9-10,16-17,21-23,25,27H,4-8,11-15H2,1-3H3/t17-,21?,22?,23+,25?,26+/m1/s1. The molecule has 0 saturated heterocycles. The van der Waals surface area contributed by atoms with Crippen LogP contribution in [0.25, 0.3) is 0 Å². The van der Waals surface area contributed by atoms with Crippen molar-refractivity contribution in [2.24, 2.45) is 23.2 Å². The number of phenolic OH excluding ortho intramolecular Hbond substituents is 1. The van der Waals surface area contributed by atoms with Crippen molar-refractivity contribution in [2.75, 3.05) is 0 Å². The van der Waals surface area contributed by atoms with Gasteiger partial charge in [-0.05, 0) is 85.5 Å². The van der Waals surface area contributed by atoms with Crippen LogP contribution in [-0.4, -0.2) is 17.2 Å². The van der Waals surface area contributed by atoms with E-state index in [2.05, 4.69) is 26.8 Å². The van der Waals surface area contributed by atoms with Gasteiger partial charge in [0.1, 0.15) is 11.9 Å². The van der Waals surface area contributed by atoms with E-state index >= 15 is 0 Å². The second-order valence-electron chi connectivity index (χ2n) is 10.3. The predicted molar refractivity (Wildman–Crippen MR) is 116 cm³/mol. The van der Waals surface area contributed by atoms with Crippen LogP contribution in [0.2, 0.25) is 0 Å². The molecule has 6 atom stereocenters. The first-order valence-corrected chi connectivity index (χ1v) is 11.9. The monoisotopic (exact) mass is 398 g/mol. The molecule has 3 aliphatic rings. The summed E-state index contributed by atoms with van der Waals surface area (Å²) in [7, 11) is 0. The van der Waals surface area contributed by atoms with Crippen molar-refractivity contribution in [1.29, 1.82) is 0 Å². The summed E-state index contributed by atoms with van der Waals surface area (Å²) in [5, 5.41) is 9.92. The Morgan fingerprint density at radius 3 is 2.83 bits per heavy atom. The first-order valence-electron chi connectivity index (χ1n) is 11.9. The molecule has 3 unspecified atom stereocenters. The van der Waals surface area contributed by atoms with E-state index in [1.165, 1.54) is 36.8 Å². The molecule has 3 nitrogen and oxygen atoms in total. The van der Waals surface area contributed by atoms with Gasteiger partial charge in [0.15, 0.2) is 0 Å². The van der Waals surface area contributed by atoms with Gasteiger partial charge in [-0.1, -0.05) is 46.1 Å². The number of hydrogen-bond donors (Lipinski definition) is 1. The Morgan fingerprint density at radius 2 is 2.03 bits per heavy atom. The van der Waals surface area contributed by atoms with E-state index < -0.39 is 0 Å². The highest BCUT2D eigenvalue weighted by atomic mass is 16.5. The second-order valence-corrected chi connectivity index (χ2v) is 10.3. The van der Waals surface area contributed by atoms with Crippen LogP contribution in [0.5, 0.6) is 5.75 Å². The lowest BCUT2D eigenvalue weighted by atomic mass is 9.53. The molecule has 1 aromatic rings. The zero-order valence-electron chi connectivity index (χ0n) is 18.5. The first kappa shape index (κ1) is 20.8. The third kappa shape index (κ3) is 3.82. The number of unbranched alkanes of at least 4 members (excludes halogenated alkanes) is 3. The minimum Gasteiger partial charge on any atom is -0.508 e. The van der Waals surface area contributed by atoms with Gasteiger partial charge in [-0.15, -0.1) is 0 Å². The molecule has 0 aliphatic heterocycles. The van der Waals surface area contributed by atoms with Gasteiger partial charge >= 0.3 is 5.97 Å². The number of carbonyl (C=O) groups is 1. The Bertz CT molecular complexity index is 741. The maximum Gasteiger partial charge on any atom is 0.306 e. The number of ether oxygens (including phenoxy) is 1. The van der Waals surface area contributed by atoms with Crippen molar-refractivity contribution >= 4 is 5.97 Å². The highest BCUT2D eigenvalue weighted by Crippen LogP contribution is 2.62. The van der Waals surface area contributed by atoms with Gasteiger partial charge in [-0.2, -0.15) is 0 Å². The third-order valence-corrected chi connectivity index (χ3v) is 8.48. The molecule has 4 rings (SSSR count). The molecule has 3 heteroatoms. The van der Waals surface area contributed by atoms with Gasteiger partial charge in [-0.25, -0.2) is 0 Å². The average molecular weight is 399 g/mol. The minimum absolute atomic E-state index is 0.0209. The molecule has 0 aromatic heterocycles. The van der Waals surface area contributed by atoms with E-state index in [4.69, 9.17) is 4.74 Å². The summed E-state index contributed by atoms with van der Waals surface area (Å²) in [6.45, 7) is 6.99. The maximum absolute atomic E-state index is 12.5. The van der Waals surface area contributed by atoms with Crippen LogP contribution in [-0.2, 0) is 16.0 Å². The Hall–Kier alpha value is -1.51. The van der Waals surface area contributed by atoms with Gasteiger partial charge in [0.2, 0.25) is 0 Å². The van der Waals surface area contributed by atoms with E-state index in [1.54, 1.807) is 0 Å². The smallest absolute Gasteiger partial charge is 0.306 e. The number of benzene rings is 1. The predicted octanol–water partition coefficient (Wildman–Crippen LogP) is 6.38. The molecule has 160 valence electrons. The highest BCUT2D eigenvalue weighted by molar-refractivity contribution is 5.69. The molecule has 1 aromatic carbocycles. The quantitative estimate of drug-likeness (QED) is 0.447. The summed E-state index contributed by atoms with van der Waals surface area (Å²) in [6.07, 6.45) is 10.7. The molecular weight excluding hydrogens is 360 g/mol. The number of esters is 1. The zero-order chi connectivity index (χ0) is 20.6. The Kier molecular flexibility index (Phi) is 5.95. The number of phenols is 1. The SMILES string of the molecule is CCCCCCC(=O)O[C@H]1CCC2C3C(CC[C@@]21C)c1ccc(O)cc1C[C@H]3C.